The monoisotopic (exact) mass is 385 g/mol. The minimum Gasteiger partial charge on any atom is -0.481 e. The van der Waals surface area contributed by atoms with Crippen LogP contribution in [0.5, 0.6) is 0 Å². The van der Waals surface area contributed by atoms with Crippen LogP contribution in [0.1, 0.15) is 23.2 Å². The van der Waals surface area contributed by atoms with Gasteiger partial charge in [-0.05, 0) is 23.3 Å². The van der Waals surface area contributed by atoms with Crippen molar-refractivity contribution in [2.24, 2.45) is 0 Å². The van der Waals surface area contributed by atoms with E-state index >= 15 is 0 Å². The number of nitrogens with zero attached hydrogens (tertiary/aromatic N) is 1. The van der Waals surface area contributed by atoms with E-state index in [-0.39, 0.29) is 29.6 Å². The molecule has 132 valence electrons. The third-order valence-electron chi connectivity index (χ3n) is 3.94. The Morgan fingerprint density at radius 2 is 1.88 bits per heavy atom. The van der Waals surface area contributed by atoms with Crippen molar-refractivity contribution in [2.75, 3.05) is 6.54 Å². The minimum atomic E-state index is -0.919. The van der Waals surface area contributed by atoms with Gasteiger partial charge in [-0.15, -0.1) is 0 Å². The van der Waals surface area contributed by atoms with Gasteiger partial charge in [-0.1, -0.05) is 60.4 Å². The number of rotatable bonds is 6. The number of allylic oxidation sites excluding steroid dienone is 1. The number of carbonyl (C=O) groups is 3. The van der Waals surface area contributed by atoms with Crippen LogP contribution in [0.25, 0.3) is 10.8 Å². The number of carboxylic acids is 1. The molecule has 2 aromatic rings. The Morgan fingerprint density at radius 3 is 2.62 bits per heavy atom. The fourth-order valence-corrected chi connectivity index (χ4v) is 3.91. The van der Waals surface area contributed by atoms with Crippen LogP contribution in [0.4, 0.5) is 0 Å². The Morgan fingerprint density at radius 1 is 1.15 bits per heavy atom. The summed E-state index contributed by atoms with van der Waals surface area (Å²) in [7, 11) is 0. The van der Waals surface area contributed by atoms with Gasteiger partial charge in [-0.2, -0.15) is 0 Å². The molecule has 1 amide bonds. The molecule has 0 bridgehead atoms. The summed E-state index contributed by atoms with van der Waals surface area (Å²) in [4.78, 5) is 37.2. The quantitative estimate of drug-likeness (QED) is 0.465. The molecule has 1 aliphatic rings. The third-order valence-corrected chi connectivity index (χ3v) is 5.32. The van der Waals surface area contributed by atoms with Crippen LogP contribution in [0, 0.1) is 0 Å². The van der Waals surface area contributed by atoms with Gasteiger partial charge >= 0.3 is 5.97 Å². The molecule has 3 rings (SSSR count). The number of benzene rings is 2. The summed E-state index contributed by atoms with van der Waals surface area (Å²) in [6.45, 7) is 0.235. The number of fused-ring (bicyclic) bond motifs is 1. The highest BCUT2D eigenvalue weighted by Gasteiger charge is 2.32. The predicted octanol–water partition coefficient (Wildman–Crippen LogP) is 3.63. The molecule has 0 aliphatic carbocycles. The van der Waals surface area contributed by atoms with E-state index in [4.69, 9.17) is 17.3 Å². The highest BCUT2D eigenvalue weighted by Crippen LogP contribution is 2.31. The van der Waals surface area contributed by atoms with E-state index in [0.29, 0.717) is 16.3 Å². The molecule has 1 aliphatic heterocycles. The first kappa shape index (κ1) is 18.3. The van der Waals surface area contributed by atoms with Crippen molar-refractivity contribution >= 4 is 56.7 Å². The summed E-state index contributed by atoms with van der Waals surface area (Å²) in [5, 5.41) is 10.7. The summed E-state index contributed by atoms with van der Waals surface area (Å²) in [5.74, 6) is -1.53. The van der Waals surface area contributed by atoms with E-state index in [0.717, 1.165) is 22.5 Å². The second-order valence-corrected chi connectivity index (χ2v) is 7.43. The molecule has 7 heteroatoms. The molecule has 1 saturated heterocycles. The zero-order chi connectivity index (χ0) is 18.7. The molecule has 0 aromatic heterocycles. The Labute approximate surface area is 159 Å². The molecule has 1 fully saturated rings. The van der Waals surface area contributed by atoms with E-state index in [2.05, 4.69) is 0 Å². The zero-order valence-electron chi connectivity index (χ0n) is 13.7. The van der Waals surface area contributed by atoms with Gasteiger partial charge in [-0.25, -0.2) is 0 Å². The summed E-state index contributed by atoms with van der Waals surface area (Å²) >= 11 is 6.24. The number of aliphatic carboxylic acids is 1. The lowest BCUT2D eigenvalue weighted by atomic mass is 10.0. The topological polar surface area (TPSA) is 74.7 Å². The smallest absolute Gasteiger partial charge is 0.303 e. The first-order valence-electron chi connectivity index (χ1n) is 7.96. The summed E-state index contributed by atoms with van der Waals surface area (Å²) in [6, 6.07) is 13.1. The van der Waals surface area contributed by atoms with Gasteiger partial charge in [0, 0.05) is 24.6 Å². The Kier molecular flexibility index (Phi) is 5.49. The Balaban J connectivity index is 1.76. The molecule has 26 heavy (non-hydrogen) atoms. The molecular formula is C19H15NO4S2. The number of ketones is 1. The van der Waals surface area contributed by atoms with Crippen LogP contribution >= 0.6 is 24.0 Å². The van der Waals surface area contributed by atoms with Gasteiger partial charge < -0.3 is 5.11 Å². The van der Waals surface area contributed by atoms with Gasteiger partial charge in [0.15, 0.2) is 5.78 Å². The lowest BCUT2D eigenvalue weighted by molar-refractivity contribution is -0.137. The van der Waals surface area contributed by atoms with Crippen molar-refractivity contribution in [3.05, 3.63) is 59.0 Å². The van der Waals surface area contributed by atoms with Crippen LogP contribution in [-0.4, -0.2) is 38.5 Å². The van der Waals surface area contributed by atoms with Crippen molar-refractivity contribution in [3.63, 3.8) is 0 Å². The number of carboxylic acid groups (broad SMARTS) is 1. The highest BCUT2D eigenvalue weighted by molar-refractivity contribution is 8.26. The fraction of sp³-hybridized carbons (Fsp3) is 0.158. The standard InChI is InChI=1S/C19H15NO4S2/c21-15(14-8-7-12-4-1-2-5-13(12)10-14)11-16-18(24)20(19(25)26-16)9-3-6-17(22)23/h1-2,4-5,7-8,10-11H,3,6,9H2,(H,22,23). The Hall–Kier alpha value is -2.51. The average Bonchev–Trinajstić information content (AvgIpc) is 2.88. The molecule has 0 radical (unpaired) electrons. The Bertz CT molecular complexity index is 951. The minimum absolute atomic E-state index is 0.0356. The van der Waals surface area contributed by atoms with E-state index in [1.165, 1.54) is 11.0 Å². The van der Waals surface area contributed by atoms with Crippen LogP contribution in [-0.2, 0) is 9.59 Å². The van der Waals surface area contributed by atoms with Gasteiger partial charge in [0.2, 0.25) is 0 Å². The summed E-state index contributed by atoms with van der Waals surface area (Å²) in [6.07, 6.45) is 1.58. The summed E-state index contributed by atoms with van der Waals surface area (Å²) in [5.41, 5.74) is 0.500. The number of carbonyl (C=O) groups excluding carboxylic acids is 2. The second kappa shape index (κ2) is 7.80. The first-order valence-corrected chi connectivity index (χ1v) is 9.18. The van der Waals surface area contributed by atoms with Gasteiger partial charge in [0.25, 0.3) is 5.91 Å². The normalized spacial score (nSPS) is 15.8. The number of hydrogen-bond donors (Lipinski definition) is 1. The number of amides is 1. The van der Waals surface area contributed by atoms with Crippen molar-refractivity contribution < 1.29 is 19.5 Å². The number of thiocarbonyl (C=S) groups is 1. The molecule has 0 saturated carbocycles. The average molecular weight is 385 g/mol. The molecule has 2 aromatic carbocycles. The second-order valence-electron chi connectivity index (χ2n) is 5.76. The van der Waals surface area contributed by atoms with Crippen molar-refractivity contribution in [2.45, 2.75) is 12.8 Å². The number of hydrogen-bond acceptors (Lipinski definition) is 5. The largest absolute Gasteiger partial charge is 0.481 e. The van der Waals surface area contributed by atoms with Gasteiger partial charge in [-0.3, -0.25) is 19.3 Å². The highest BCUT2D eigenvalue weighted by atomic mass is 32.2. The zero-order valence-corrected chi connectivity index (χ0v) is 15.3. The lowest BCUT2D eigenvalue weighted by Gasteiger charge is -2.13. The van der Waals surface area contributed by atoms with Gasteiger partial charge in [0.1, 0.15) is 4.32 Å². The van der Waals surface area contributed by atoms with Crippen LogP contribution in [0.2, 0.25) is 0 Å². The van der Waals surface area contributed by atoms with Gasteiger partial charge in [0.05, 0.1) is 4.91 Å². The van der Waals surface area contributed by atoms with E-state index in [1.807, 2.05) is 30.3 Å². The lowest BCUT2D eigenvalue weighted by Crippen LogP contribution is -2.29. The SMILES string of the molecule is O=C(O)CCCN1C(=O)C(=CC(=O)c2ccc3ccccc3c2)SC1=S. The molecule has 1 N–H and O–H groups in total. The van der Waals surface area contributed by atoms with Crippen molar-refractivity contribution in [1.82, 2.24) is 4.90 Å². The maximum Gasteiger partial charge on any atom is 0.303 e. The van der Waals surface area contributed by atoms with Crippen molar-refractivity contribution in [1.29, 1.82) is 0 Å². The maximum absolute atomic E-state index is 12.5. The molecule has 0 spiro atoms. The van der Waals surface area contributed by atoms with Crippen LogP contribution in [0.15, 0.2) is 53.4 Å². The molecular weight excluding hydrogens is 370 g/mol. The fourth-order valence-electron chi connectivity index (χ4n) is 2.63. The third kappa shape index (κ3) is 4.00. The summed E-state index contributed by atoms with van der Waals surface area (Å²) < 4.78 is 0.345. The maximum atomic E-state index is 12.5. The molecule has 1 heterocycles. The van der Waals surface area contributed by atoms with Crippen LogP contribution in [0.3, 0.4) is 0 Å². The predicted molar refractivity (Wildman–Crippen MR) is 105 cm³/mol. The molecule has 0 atom stereocenters. The first-order chi connectivity index (χ1) is 12.5. The molecule has 5 nitrogen and oxygen atoms in total. The van der Waals surface area contributed by atoms with E-state index < -0.39 is 5.97 Å². The number of thioether (sulfide) groups is 1. The van der Waals surface area contributed by atoms with Crippen molar-refractivity contribution in [3.8, 4) is 0 Å². The van der Waals surface area contributed by atoms with Crippen LogP contribution < -0.4 is 0 Å². The van der Waals surface area contributed by atoms with E-state index in [9.17, 15) is 14.4 Å². The molecule has 0 unspecified atom stereocenters. The van der Waals surface area contributed by atoms with E-state index in [1.54, 1.807) is 12.1 Å².